The van der Waals surface area contributed by atoms with E-state index in [-0.39, 0.29) is 13.1 Å². The second-order valence-corrected chi connectivity index (χ2v) is 5.76. The zero-order chi connectivity index (χ0) is 13.1. The van der Waals surface area contributed by atoms with Crippen LogP contribution in [0.2, 0.25) is 0 Å². The monoisotopic (exact) mass is 251 g/mol. The van der Waals surface area contributed by atoms with Crippen LogP contribution in [0.4, 0.5) is 13.2 Å². The topological polar surface area (TPSA) is 21.7 Å². The lowest BCUT2D eigenvalue weighted by Gasteiger charge is -2.40. The Morgan fingerprint density at radius 1 is 1.06 bits per heavy atom. The minimum atomic E-state index is -4.11. The lowest BCUT2D eigenvalue weighted by molar-refractivity contribution is -0.201. The molecule has 17 heavy (non-hydrogen) atoms. The van der Waals surface area contributed by atoms with Crippen LogP contribution in [0.15, 0.2) is 0 Å². The fraction of sp³-hybridized carbons (Fsp3) is 1.00. The van der Waals surface area contributed by atoms with Gasteiger partial charge in [0, 0.05) is 13.1 Å². The molecule has 0 spiro atoms. The minimum absolute atomic E-state index is 0.0413. The zero-order valence-electron chi connectivity index (χ0n) is 10.5. The van der Waals surface area contributed by atoms with E-state index >= 15 is 0 Å². The maximum Gasteiger partial charge on any atom is 0.558 e. The molecule has 3 nitrogen and oxygen atoms in total. The molecule has 0 atom stereocenters. The van der Waals surface area contributed by atoms with Gasteiger partial charge in [0.1, 0.15) is 0 Å². The molecule has 0 N–H and O–H groups in total. The number of rotatable bonds is 1. The van der Waals surface area contributed by atoms with Crippen LogP contribution in [0, 0.1) is 5.92 Å². The highest BCUT2D eigenvalue weighted by molar-refractivity contribution is 6.42. The Kier molecular flexibility index (Phi) is 2.80. The quantitative estimate of drug-likeness (QED) is 0.666. The van der Waals surface area contributed by atoms with Gasteiger partial charge in [0.2, 0.25) is 0 Å². The molecule has 0 saturated carbocycles. The Balaban J connectivity index is 1.93. The van der Waals surface area contributed by atoms with Gasteiger partial charge in [-0.3, -0.25) is 4.81 Å². The summed E-state index contributed by atoms with van der Waals surface area (Å²) in [6, 6.07) is 0. The lowest BCUT2D eigenvalue weighted by atomic mass is 9.89. The fourth-order valence-electron chi connectivity index (χ4n) is 1.85. The first-order valence-corrected chi connectivity index (χ1v) is 5.69. The van der Waals surface area contributed by atoms with Crippen molar-refractivity contribution in [1.82, 2.24) is 4.81 Å². The van der Waals surface area contributed by atoms with Gasteiger partial charge in [0.05, 0.1) is 17.1 Å². The summed E-state index contributed by atoms with van der Waals surface area (Å²) in [6.07, 6.45) is -4.11. The highest BCUT2D eigenvalue weighted by Gasteiger charge is 2.58. The predicted octanol–water partition coefficient (Wildman–Crippen LogP) is 2.07. The van der Waals surface area contributed by atoms with E-state index in [1.165, 1.54) is 0 Å². The van der Waals surface area contributed by atoms with Gasteiger partial charge in [0.25, 0.3) is 0 Å². The van der Waals surface area contributed by atoms with Crippen molar-refractivity contribution in [3.05, 3.63) is 0 Å². The van der Waals surface area contributed by atoms with Crippen LogP contribution in [-0.4, -0.2) is 42.5 Å². The van der Waals surface area contributed by atoms with Gasteiger partial charge >= 0.3 is 13.4 Å². The van der Waals surface area contributed by atoms with E-state index in [1.54, 1.807) is 4.81 Å². The van der Waals surface area contributed by atoms with Gasteiger partial charge in [-0.1, -0.05) is 0 Å². The molecule has 7 heteroatoms. The van der Waals surface area contributed by atoms with Crippen molar-refractivity contribution in [2.24, 2.45) is 5.92 Å². The van der Waals surface area contributed by atoms with E-state index in [2.05, 4.69) is 0 Å². The summed E-state index contributed by atoms with van der Waals surface area (Å²) in [5.74, 6) is -1.25. The fourth-order valence-corrected chi connectivity index (χ4v) is 1.85. The van der Waals surface area contributed by atoms with Crippen LogP contribution in [0.3, 0.4) is 0 Å². The third-order valence-corrected chi connectivity index (χ3v) is 3.91. The second-order valence-electron chi connectivity index (χ2n) is 5.76. The van der Waals surface area contributed by atoms with Crippen LogP contribution in [-0.2, 0) is 9.31 Å². The Morgan fingerprint density at radius 3 is 1.82 bits per heavy atom. The third kappa shape index (κ3) is 2.20. The number of halogens is 3. The maximum absolute atomic E-state index is 12.4. The summed E-state index contributed by atoms with van der Waals surface area (Å²) >= 11 is 0. The molecule has 0 aromatic carbocycles. The van der Waals surface area contributed by atoms with Crippen molar-refractivity contribution in [2.45, 2.75) is 45.1 Å². The Bertz CT molecular complexity index is 297. The molecule has 0 bridgehead atoms. The van der Waals surface area contributed by atoms with Crippen LogP contribution in [0.5, 0.6) is 0 Å². The molecule has 0 aromatic heterocycles. The zero-order valence-corrected chi connectivity index (χ0v) is 10.5. The van der Waals surface area contributed by atoms with Gasteiger partial charge in [-0.25, -0.2) is 0 Å². The van der Waals surface area contributed by atoms with Gasteiger partial charge < -0.3 is 9.31 Å². The largest absolute Gasteiger partial charge is 0.558 e. The van der Waals surface area contributed by atoms with Gasteiger partial charge in [-0.15, -0.1) is 0 Å². The maximum atomic E-state index is 12.4. The number of hydrogen-bond acceptors (Lipinski definition) is 3. The molecule has 2 aliphatic rings. The first-order valence-electron chi connectivity index (χ1n) is 5.69. The highest BCUT2D eigenvalue weighted by Crippen LogP contribution is 2.41. The lowest BCUT2D eigenvalue weighted by Crippen LogP contribution is -2.60. The second kappa shape index (κ2) is 3.62. The summed E-state index contributed by atoms with van der Waals surface area (Å²) in [5.41, 5.74) is -0.998. The first-order chi connectivity index (χ1) is 7.53. The molecule has 2 fully saturated rings. The van der Waals surface area contributed by atoms with Crippen LogP contribution < -0.4 is 0 Å². The van der Waals surface area contributed by atoms with Crippen molar-refractivity contribution in [2.75, 3.05) is 13.1 Å². The van der Waals surface area contributed by atoms with E-state index < -0.39 is 30.5 Å². The standard InChI is InChI=1S/C10H17BF3NO2/c1-8(2)9(3,4)17-11(16-8)15-5-7(6-15)10(12,13)14/h7H,5-6H2,1-4H3. The summed E-state index contributed by atoms with van der Waals surface area (Å²) in [6.45, 7) is 7.45. The minimum Gasteiger partial charge on any atom is -0.389 e. The van der Waals surface area contributed by atoms with E-state index in [9.17, 15) is 13.2 Å². The smallest absolute Gasteiger partial charge is 0.389 e. The molecule has 98 valence electrons. The number of hydrogen-bond donors (Lipinski definition) is 0. The van der Waals surface area contributed by atoms with Crippen molar-refractivity contribution in [3.63, 3.8) is 0 Å². The molecule has 0 aromatic rings. The summed E-state index contributed by atoms with van der Waals surface area (Å²) in [4.78, 5) is 1.58. The van der Waals surface area contributed by atoms with Gasteiger partial charge in [0.15, 0.2) is 0 Å². The normalized spacial score (nSPS) is 29.5. The molecule has 0 aliphatic carbocycles. The molecular formula is C10H17BF3NO2. The average molecular weight is 251 g/mol. The summed E-state index contributed by atoms with van der Waals surface area (Å²) in [5, 5.41) is 0. The van der Waals surface area contributed by atoms with Crippen LogP contribution >= 0.6 is 0 Å². The highest BCUT2D eigenvalue weighted by atomic mass is 19.4. The number of alkyl halides is 3. The molecule has 0 radical (unpaired) electrons. The SMILES string of the molecule is CC1(C)OB(N2CC(C(F)(F)F)C2)OC1(C)C. The van der Waals surface area contributed by atoms with Crippen molar-refractivity contribution in [3.8, 4) is 0 Å². The first kappa shape index (κ1) is 13.2. The average Bonchev–Trinajstić information content (AvgIpc) is 2.13. The van der Waals surface area contributed by atoms with Gasteiger partial charge in [-0.2, -0.15) is 13.2 Å². The molecule has 0 amide bonds. The Labute approximate surface area is 99.4 Å². The van der Waals surface area contributed by atoms with Crippen molar-refractivity contribution < 1.29 is 22.5 Å². The van der Waals surface area contributed by atoms with E-state index in [0.717, 1.165) is 0 Å². The van der Waals surface area contributed by atoms with Crippen molar-refractivity contribution >= 4 is 7.25 Å². The van der Waals surface area contributed by atoms with E-state index in [1.807, 2.05) is 27.7 Å². The molecule has 2 aliphatic heterocycles. The van der Waals surface area contributed by atoms with E-state index in [0.29, 0.717) is 0 Å². The molecule has 2 rings (SSSR count). The summed E-state index contributed by atoms with van der Waals surface area (Å²) in [7, 11) is -0.654. The van der Waals surface area contributed by atoms with Crippen LogP contribution in [0.1, 0.15) is 27.7 Å². The molecule has 0 unspecified atom stereocenters. The molecule has 2 heterocycles. The molecular weight excluding hydrogens is 234 g/mol. The Hall–Kier alpha value is -0.265. The third-order valence-electron chi connectivity index (χ3n) is 3.91. The van der Waals surface area contributed by atoms with Crippen LogP contribution in [0.25, 0.3) is 0 Å². The molecule has 2 saturated heterocycles. The predicted molar refractivity (Wildman–Crippen MR) is 57.2 cm³/mol. The summed E-state index contributed by atoms with van der Waals surface area (Å²) < 4.78 is 48.4. The number of nitrogens with zero attached hydrogens (tertiary/aromatic N) is 1. The van der Waals surface area contributed by atoms with Crippen molar-refractivity contribution in [1.29, 1.82) is 0 Å². The van der Waals surface area contributed by atoms with Gasteiger partial charge in [-0.05, 0) is 27.7 Å². The van der Waals surface area contributed by atoms with E-state index in [4.69, 9.17) is 9.31 Å². The Morgan fingerprint density at radius 2 is 1.47 bits per heavy atom.